The highest BCUT2D eigenvalue weighted by atomic mass is 16.3. The van der Waals surface area contributed by atoms with Crippen LogP contribution in [0, 0.1) is 11.8 Å². The van der Waals surface area contributed by atoms with Crippen LogP contribution in [0.5, 0.6) is 0 Å². The van der Waals surface area contributed by atoms with E-state index in [-0.39, 0.29) is 0 Å². The van der Waals surface area contributed by atoms with Crippen LogP contribution in [-0.4, -0.2) is 10.7 Å². The molecule has 0 aliphatic rings. The number of rotatable bonds is 4. The van der Waals surface area contributed by atoms with Gasteiger partial charge in [-0.2, -0.15) is 0 Å². The highest BCUT2D eigenvalue weighted by Gasteiger charge is 2.24. The topological polar surface area (TPSA) is 20.2 Å². The van der Waals surface area contributed by atoms with E-state index in [1.807, 2.05) is 6.92 Å². The molecule has 0 saturated carbocycles. The lowest BCUT2D eigenvalue weighted by Gasteiger charge is -2.28. The molecule has 0 fully saturated rings. The Morgan fingerprint density at radius 1 is 1.18 bits per heavy atom. The van der Waals surface area contributed by atoms with Crippen molar-refractivity contribution in [3.63, 3.8) is 0 Å². The SMILES string of the molecule is CC(C)CCC(C)(O)C(C)C. The Morgan fingerprint density at radius 3 is 1.91 bits per heavy atom. The van der Waals surface area contributed by atoms with Gasteiger partial charge in [-0.05, 0) is 31.6 Å². The van der Waals surface area contributed by atoms with Gasteiger partial charge in [-0.25, -0.2) is 0 Å². The summed E-state index contributed by atoms with van der Waals surface area (Å²) in [7, 11) is 0. The number of hydrogen-bond acceptors (Lipinski definition) is 1. The minimum Gasteiger partial charge on any atom is -0.390 e. The van der Waals surface area contributed by atoms with Crippen molar-refractivity contribution in [1.29, 1.82) is 0 Å². The van der Waals surface area contributed by atoms with Gasteiger partial charge in [0.2, 0.25) is 0 Å². The summed E-state index contributed by atoms with van der Waals surface area (Å²) < 4.78 is 0. The van der Waals surface area contributed by atoms with Gasteiger partial charge in [-0.15, -0.1) is 0 Å². The zero-order valence-corrected chi connectivity index (χ0v) is 8.52. The van der Waals surface area contributed by atoms with Gasteiger partial charge in [0, 0.05) is 0 Å². The first-order valence-corrected chi connectivity index (χ1v) is 4.58. The van der Waals surface area contributed by atoms with Crippen LogP contribution in [0.4, 0.5) is 0 Å². The van der Waals surface area contributed by atoms with Gasteiger partial charge in [0.05, 0.1) is 5.60 Å². The van der Waals surface area contributed by atoms with Crippen molar-refractivity contribution in [2.24, 2.45) is 11.8 Å². The smallest absolute Gasteiger partial charge is 0.0642 e. The van der Waals surface area contributed by atoms with E-state index in [2.05, 4.69) is 27.7 Å². The lowest BCUT2D eigenvalue weighted by Crippen LogP contribution is -2.31. The van der Waals surface area contributed by atoms with Crippen molar-refractivity contribution in [3.8, 4) is 0 Å². The second-order valence-electron chi connectivity index (χ2n) is 4.44. The van der Waals surface area contributed by atoms with Gasteiger partial charge < -0.3 is 5.11 Å². The van der Waals surface area contributed by atoms with Crippen LogP contribution in [0.25, 0.3) is 0 Å². The lowest BCUT2D eigenvalue weighted by molar-refractivity contribution is 0.000867. The second kappa shape index (κ2) is 4.10. The fourth-order valence-corrected chi connectivity index (χ4v) is 0.870. The van der Waals surface area contributed by atoms with Gasteiger partial charge in [0.15, 0.2) is 0 Å². The minimum absolute atomic E-state index is 0.362. The van der Waals surface area contributed by atoms with Gasteiger partial charge in [0.25, 0.3) is 0 Å². The Morgan fingerprint density at radius 2 is 1.64 bits per heavy atom. The van der Waals surface area contributed by atoms with Crippen LogP contribution >= 0.6 is 0 Å². The number of aliphatic hydroxyl groups is 1. The molecule has 0 aromatic carbocycles. The number of hydrogen-bond donors (Lipinski definition) is 1. The van der Waals surface area contributed by atoms with Crippen LogP contribution < -0.4 is 0 Å². The average molecular weight is 158 g/mol. The Balaban J connectivity index is 3.73. The Labute approximate surface area is 70.8 Å². The van der Waals surface area contributed by atoms with Crippen LogP contribution in [-0.2, 0) is 0 Å². The van der Waals surface area contributed by atoms with Crippen molar-refractivity contribution in [3.05, 3.63) is 0 Å². The van der Waals surface area contributed by atoms with E-state index in [0.29, 0.717) is 11.8 Å². The summed E-state index contributed by atoms with van der Waals surface area (Å²) in [6.45, 7) is 10.5. The standard InChI is InChI=1S/C10H22O/c1-8(2)6-7-10(5,11)9(3)4/h8-9,11H,6-7H2,1-5H3. The van der Waals surface area contributed by atoms with Crippen LogP contribution in [0.1, 0.15) is 47.5 Å². The largest absolute Gasteiger partial charge is 0.390 e. The quantitative estimate of drug-likeness (QED) is 0.667. The van der Waals surface area contributed by atoms with Crippen LogP contribution in [0.2, 0.25) is 0 Å². The molecule has 68 valence electrons. The molecule has 0 spiro atoms. The Bertz CT molecular complexity index is 103. The molecule has 11 heavy (non-hydrogen) atoms. The van der Waals surface area contributed by atoms with E-state index in [4.69, 9.17) is 0 Å². The summed E-state index contributed by atoms with van der Waals surface area (Å²) in [5.74, 6) is 1.06. The van der Waals surface area contributed by atoms with E-state index < -0.39 is 5.60 Å². The summed E-state index contributed by atoms with van der Waals surface area (Å²) in [5.41, 5.74) is -0.468. The van der Waals surface area contributed by atoms with Crippen LogP contribution in [0.3, 0.4) is 0 Å². The van der Waals surface area contributed by atoms with Gasteiger partial charge in [-0.3, -0.25) is 0 Å². The molecule has 0 aromatic rings. The van der Waals surface area contributed by atoms with Crippen molar-refractivity contribution >= 4 is 0 Å². The molecule has 0 saturated heterocycles. The molecule has 0 aliphatic carbocycles. The fourth-order valence-electron chi connectivity index (χ4n) is 0.870. The van der Waals surface area contributed by atoms with E-state index >= 15 is 0 Å². The van der Waals surface area contributed by atoms with Gasteiger partial charge in [-0.1, -0.05) is 27.7 Å². The summed E-state index contributed by atoms with van der Waals surface area (Å²) in [5, 5.41) is 9.84. The van der Waals surface area contributed by atoms with Crippen molar-refractivity contribution in [2.45, 2.75) is 53.1 Å². The van der Waals surface area contributed by atoms with E-state index in [0.717, 1.165) is 12.8 Å². The summed E-state index contributed by atoms with van der Waals surface area (Å²) in [4.78, 5) is 0. The molecule has 1 N–H and O–H groups in total. The zero-order valence-electron chi connectivity index (χ0n) is 8.52. The molecule has 0 bridgehead atoms. The Hall–Kier alpha value is -0.0400. The molecule has 0 heterocycles. The van der Waals surface area contributed by atoms with Crippen molar-refractivity contribution in [2.75, 3.05) is 0 Å². The molecule has 0 aliphatic heterocycles. The fraction of sp³-hybridized carbons (Fsp3) is 1.00. The monoisotopic (exact) mass is 158 g/mol. The maximum atomic E-state index is 9.84. The van der Waals surface area contributed by atoms with Gasteiger partial charge >= 0.3 is 0 Å². The molecule has 0 rings (SSSR count). The molecule has 1 heteroatoms. The van der Waals surface area contributed by atoms with Crippen molar-refractivity contribution in [1.82, 2.24) is 0 Å². The lowest BCUT2D eigenvalue weighted by atomic mass is 9.86. The highest BCUT2D eigenvalue weighted by molar-refractivity contribution is 4.76. The molecular weight excluding hydrogens is 136 g/mol. The summed E-state index contributed by atoms with van der Waals surface area (Å²) in [6, 6.07) is 0. The maximum Gasteiger partial charge on any atom is 0.0642 e. The zero-order chi connectivity index (χ0) is 9.07. The molecule has 1 nitrogen and oxygen atoms in total. The Kier molecular flexibility index (Phi) is 4.09. The molecule has 1 atom stereocenters. The predicted octanol–water partition coefficient (Wildman–Crippen LogP) is 2.83. The molecule has 1 unspecified atom stereocenters. The second-order valence-corrected chi connectivity index (χ2v) is 4.44. The third-order valence-electron chi connectivity index (χ3n) is 2.47. The third kappa shape index (κ3) is 4.41. The molecular formula is C10H22O. The summed E-state index contributed by atoms with van der Waals surface area (Å²) >= 11 is 0. The van der Waals surface area contributed by atoms with E-state index in [9.17, 15) is 5.11 Å². The molecule has 0 radical (unpaired) electrons. The highest BCUT2D eigenvalue weighted by Crippen LogP contribution is 2.23. The first kappa shape index (κ1) is 11.0. The predicted molar refractivity (Wildman–Crippen MR) is 49.5 cm³/mol. The normalized spacial score (nSPS) is 17.5. The van der Waals surface area contributed by atoms with Crippen molar-refractivity contribution < 1.29 is 5.11 Å². The van der Waals surface area contributed by atoms with Crippen LogP contribution in [0.15, 0.2) is 0 Å². The third-order valence-corrected chi connectivity index (χ3v) is 2.47. The minimum atomic E-state index is -0.468. The first-order valence-electron chi connectivity index (χ1n) is 4.58. The van der Waals surface area contributed by atoms with E-state index in [1.165, 1.54) is 0 Å². The average Bonchev–Trinajstić information content (AvgIpc) is 1.84. The van der Waals surface area contributed by atoms with Gasteiger partial charge in [0.1, 0.15) is 0 Å². The first-order chi connectivity index (χ1) is 4.86. The summed E-state index contributed by atoms with van der Waals surface area (Å²) in [6.07, 6.45) is 2.04. The maximum absolute atomic E-state index is 9.84. The molecule has 0 amide bonds. The molecule has 0 aromatic heterocycles. The van der Waals surface area contributed by atoms with E-state index in [1.54, 1.807) is 0 Å².